The van der Waals surface area contributed by atoms with Gasteiger partial charge in [0.15, 0.2) is 11.5 Å². The number of amides is 3. The molecule has 192 valence electrons. The SMILES string of the molecule is CC[C@@H](C)N(Cc1ccc(OC)c(OS(=O)(=O)c2ccc(NC(C)=O)cc2)c1)C(=O)NC(C)(C)C. The van der Waals surface area contributed by atoms with Crippen molar-refractivity contribution in [1.82, 2.24) is 10.2 Å². The second-order valence-electron chi connectivity index (χ2n) is 9.29. The van der Waals surface area contributed by atoms with Gasteiger partial charge >= 0.3 is 16.1 Å². The van der Waals surface area contributed by atoms with Gasteiger partial charge in [0.25, 0.3) is 0 Å². The van der Waals surface area contributed by atoms with Crippen LogP contribution >= 0.6 is 0 Å². The van der Waals surface area contributed by atoms with Gasteiger partial charge in [0.2, 0.25) is 5.91 Å². The minimum Gasteiger partial charge on any atom is -0.493 e. The Hall–Kier alpha value is -3.27. The first-order valence-electron chi connectivity index (χ1n) is 11.3. The van der Waals surface area contributed by atoms with Gasteiger partial charge < -0.3 is 24.5 Å². The molecule has 0 unspecified atom stereocenters. The van der Waals surface area contributed by atoms with Crippen molar-refractivity contribution < 1.29 is 26.9 Å². The molecule has 2 aromatic rings. The molecule has 3 amide bonds. The van der Waals surface area contributed by atoms with Crippen LogP contribution in [0.25, 0.3) is 0 Å². The van der Waals surface area contributed by atoms with Crippen LogP contribution < -0.4 is 19.6 Å². The Bertz CT molecular complexity index is 1140. The van der Waals surface area contributed by atoms with Gasteiger partial charge in [-0.25, -0.2) is 4.79 Å². The predicted octanol–water partition coefficient (Wildman–Crippen LogP) is 4.53. The topological polar surface area (TPSA) is 114 Å². The number of hydrogen-bond donors (Lipinski definition) is 2. The van der Waals surface area contributed by atoms with E-state index in [-0.39, 0.29) is 40.9 Å². The monoisotopic (exact) mass is 505 g/mol. The van der Waals surface area contributed by atoms with Crippen LogP contribution in [0.1, 0.15) is 53.5 Å². The van der Waals surface area contributed by atoms with Crippen molar-refractivity contribution >= 4 is 27.7 Å². The molecular weight excluding hydrogens is 470 g/mol. The van der Waals surface area contributed by atoms with Crippen molar-refractivity contribution in [3.05, 3.63) is 48.0 Å². The van der Waals surface area contributed by atoms with Crippen LogP contribution in [-0.2, 0) is 21.5 Å². The molecule has 9 nitrogen and oxygen atoms in total. The second kappa shape index (κ2) is 11.4. The quantitative estimate of drug-likeness (QED) is 0.484. The van der Waals surface area contributed by atoms with Crippen molar-refractivity contribution in [1.29, 1.82) is 0 Å². The number of ether oxygens (including phenoxy) is 1. The van der Waals surface area contributed by atoms with Crippen LogP contribution in [0.2, 0.25) is 0 Å². The summed E-state index contributed by atoms with van der Waals surface area (Å²) in [4.78, 5) is 25.7. The maximum atomic E-state index is 12.9. The summed E-state index contributed by atoms with van der Waals surface area (Å²) in [6.07, 6.45) is 0.750. The van der Waals surface area contributed by atoms with Crippen molar-refractivity contribution in [3.63, 3.8) is 0 Å². The van der Waals surface area contributed by atoms with Gasteiger partial charge in [-0.2, -0.15) is 8.42 Å². The van der Waals surface area contributed by atoms with E-state index in [9.17, 15) is 18.0 Å². The average Bonchev–Trinajstić information content (AvgIpc) is 2.75. The summed E-state index contributed by atoms with van der Waals surface area (Å²) in [5, 5.41) is 5.56. The Morgan fingerprint density at radius 2 is 1.69 bits per heavy atom. The largest absolute Gasteiger partial charge is 0.493 e. The van der Waals surface area contributed by atoms with Crippen molar-refractivity contribution in [2.24, 2.45) is 0 Å². The summed E-state index contributed by atoms with van der Waals surface area (Å²) in [5.41, 5.74) is 0.747. The normalized spacial score (nSPS) is 12.4. The predicted molar refractivity (Wildman–Crippen MR) is 135 cm³/mol. The number of rotatable bonds is 9. The maximum absolute atomic E-state index is 12.9. The highest BCUT2D eigenvalue weighted by Gasteiger charge is 2.25. The van der Waals surface area contributed by atoms with E-state index >= 15 is 0 Å². The molecule has 2 N–H and O–H groups in total. The highest BCUT2D eigenvalue weighted by atomic mass is 32.2. The van der Waals surface area contributed by atoms with E-state index in [4.69, 9.17) is 8.92 Å². The molecule has 0 aliphatic rings. The van der Waals surface area contributed by atoms with Crippen LogP contribution in [0.15, 0.2) is 47.4 Å². The van der Waals surface area contributed by atoms with Gasteiger partial charge in [-0.1, -0.05) is 13.0 Å². The smallest absolute Gasteiger partial charge is 0.339 e. The summed E-state index contributed by atoms with van der Waals surface area (Å²) < 4.78 is 36.6. The summed E-state index contributed by atoms with van der Waals surface area (Å²) in [6.45, 7) is 11.3. The highest BCUT2D eigenvalue weighted by molar-refractivity contribution is 7.87. The third-order valence-corrected chi connectivity index (χ3v) is 6.36. The van der Waals surface area contributed by atoms with Crippen molar-refractivity contribution in [2.45, 2.75) is 71.0 Å². The number of methoxy groups -OCH3 is 1. The summed E-state index contributed by atoms with van der Waals surface area (Å²) in [5.74, 6) is -0.0151. The lowest BCUT2D eigenvalue weighted by Gasteiger charge is -2.32. The summed E-state index contributed by atoms with van der Waals surface area (Å²) in [6, 6.07) is 10.3. The molecule has 35 heavy (non-hydrogen) atoms. The zero-order chi connectivity index (χ0) is 26.4. The fourth-order valence-corrected chi connectivity index (χ4v) is 4.13. The molecule has 0 aromatic heterocycles. The molecule has 0 fully saturated rings. The second-order valence-corrected chi connectivity index (χ2v) is 10.8. The fraction of sp³-hybridized carbons (Fsp3) is 0.440. The lowest BCUT2D eigenvalue weighted by atomic mass is 10.1. The third kappa shape index (κ3) is 8.17. The van der Waals surface area contributed by atoms with E-state index in [1.54, 1.807) is 23.1 Å². The number of hydrogen-bond acceptors (Lipinski definition) is 6. The Morgan fingerprint density at radius 1 is 1.06 bits per heavy atom. The number of urea groups is 1. The molecule has 0 spiro atoms. The number of benzene rings is 2. The van der Waals surface area contributed by atoms with E-state index < -0.39 is 15.7 Å². The zero-order valence-corrected chi connectivity index (χ0v) is 22.2. The fourth-order valence-electron chi connectivity index (χ4n) is 3.20. The first-order chi connectivity index (χ1) is 16.3. The molecule has 0 heterocycles. The van der Waals surface area contributed by atoms with E-state index in [0.29, 0.717) is 11.3 Å². The molecule has 10 heteroatoms. The molecule has 0 saturated carbocycles. The summed E-state index contributed by atoms with van der Waals surface area (Å²) >= 11 is 0. The minimum atomic E-state index is -4.18. The Morgan fingerprint density at radius 3 is 2.20 bits per heavy atom. The van der Waals surface area contributed by atoms with Crippen LogP contribution in [0.5, 0.6) is 11.5 Å². The standard InChI is InChI=1S/C25H35N3O6S/c1-8-17(2)28(24(30)27-25(4,5)6)16-19-9-14-22(33-7)23(15-19)34-35(31,32)21-12-10-20(11-13-21)26-18(3)29/h9-15,17H,8,16H2,1-7H3,(H,26,29)(H,27,30)/t17-/m1/s1. The van der Waals surface area contributed by atoms with E-state index in [1.807, 2.05) is 34.6 Å². The molecule has 0 aliphatic carbocycles. The number of nitrogens with zero attached hydrogens (tertiary/aromatic N) is 1. The van der Waals surface area contributed by atoms with Crippen LogP contribution in [0.3, 0.4) is 0 Å². The van der Waals surface area contributed by atoms with Crippen LogP contribution in [0.4, 0.5) is 10.5 Å². The Balaban J connectivity index is 2.32. The molecular formula is C25H35N3O6S. The first-order valence-corrected chi connectivity index (χ1v) is 12.7. The van der Waals surface area contributed by atoms with Gasteiger partial charge in [-0.15, -0.1) is 0 Å². The van der Waals surface area contributed by atoms with Crippen LogP contribution in [0, 0.1) is 0 Å². The minimum absolute atomic E-state index is 0.0104. The zero-order valence-electron chi connectivity index (χ0n) is 21.3. The molecule has 0 radical (unpaired) electrons. The highest BCUT2D eigenvalue weighted by Crippen LogP contribution is 2.32. The maximum Gasteiger partial charge on any atom is 0.339 e. The van der Waals surface area contributed by atoms with E-state index in [1.165, 1.54) is 38.3 Å². The number of anilines is 1. The Kier molecular flexibility index (Phi) is 9.14. The van der Waals surface area contributed by atoms with Crippen molar-refractivity contribution in [3.8, 4) is 11.5 Å². The molecule has 0 aliphatic heterocycles. The first kappa shape index (κ1) is 28.0. The van der Waals surface area contributed by atoms with E-state index in [2.05, 4.69) is 10.6 Å². The van der Waals surface area contributed by atoms with Gasteiger partial charge in [0.05, 0.1) is 7.11 Å². The van der Waals surface area contributed by atoms with Crippen LogP contribution in [-0.4, -0.2) is 43.9 Å². The van der Waals surface area contributed by atoms with Gasteiger partial charge in [0.1, 0.15) is 4.90 Å². The number of carbonyl (C=O) groups is 2. The molecule has 0 saturated heterocycles. The van der Waals surface area contributed by atoms with Gasteiger partial charge in [-0.05, 0) is 76.1 Å². The average molecular weight is 506 g/mol. The van der Waals surface area contributed by atoms with Gasteiger partial charge in [-0.3, -0.25) is 4.79 Å². The van der Waals surface area contributed by atoms with Gasteiger partial charge in [0, 0.05) is 30.7 Å². The lowest BCUT2D eigenvalue weighted by molar-refractivity contribution is -0.114. The summed E-state index contributed by atoms with van der Waals surface area (Å²) in [7, 11) is -2.77. The van der Waals surface area contributed by atoms with E-state index in [0.717, 1.165) is 6.42 Å². The molecule has 1 atom stereocenters. The number of carbonyl (C=O) groups excluding carboxylic acids is 2. The third-order valence-electron chi connectivity index (χ3n) is 5.11. The molecule has 2 aromatic carbocycles. The molecule has 0 bridgehead atoms. The lowest BCUT2D eigenvalue weighted by Crippen LogP contribution is -2.50. The molecule has 2 rings (SSSR count). The number of nitrogens with one attached hydrogen (secondary N) is 2. The Labute approximate surface area is 207 Å². The van der Waals surface area contributed by atoms with Crippen molar-refractivity contribution in [2.75, 3.05) is 12.4 Å².